The van der Waals surface area contributed by atoms with Crippen LogP contribution in [0.15, 0.2) is 83.8 Å². The van der Waals surface area contributed by atoms with Gasteiger partial charge in [-0.25, -0.2) is 12.8 Å². The first-order chi connectivity index (χ1) is 12.5. The van der Waals surface area contributed by atoms with Gasteiger partial charge in [0.15, 0.2) is 0 Å². The van der Waals surface area contributed by atoms with E-state index in [0.717, 1.165) is 23.3 Å². The number of hydrogen-bond acceptors (Lipinski definition) is 2. The van der Waals surface area contributed by atoms with Crippen LogP contribution in [0.25, 0.3) is 0 Å². The number of halogens is 2. The molecule has 134 valence electrons. The molecule has 0 spiro atoms. The van der Waals surface area contributed by atoms with Crippen LogP contribution >= 0.6 is 11.6 Å². The van der Waals surface area contributed by atoms with Gasteiger partial charge in [0.05, 0.1) is 9.92 Å². The van der Waals surface area contributed by atoms with Gasteiger partial charge in [-0.3, -0.25) is 0 Å². The van der Waals surface area contributed by atoms with Gasteiger partial charge in [-0.05, 0) is 29.3 Å². The lowest BCUT2D eigenvalue weighted by Gasteiger charge is -2.23. The quantitative estimate of drug-likeness (QED) is 0.603. The van der Waals surface area contributed by atoms with Crippen LogP contribution in [-0.4, -0.2) is 12.7 Å². The molecule has 0 aromatic heterocycles. The molecule has 3 aromatic rings. The number of benzene rings is 3. The molecule has 0 atom stereocenters. The second kappa shape index (κ2) is 7.99. The topological polar surface area (TPSA) is 37.4 Å². The molecule has 3 aromatic carbocycles. The monoisotopic (exact) mass is 389 g/mol. The molecule has 0 saturated carbocycles. The van der Waals surface area contributed by atoms with Crippen molar-refractivity contribution in [2.75, 3.05) is 0 Å². The van der Waals surface area contributed by atoms with Crippen molar-refractivity contribution in [3.05, 3.63) is 101 Å². The fraction of sp³-hybridized carbons (Fsp3) is 0.100. The Morgan fingerprint density at radius 2 is 1.31 bits per heavy atom. The summed E-state index contributed by atoms with van der Waals surface area (Å²) in [6.07, 6.45) is 0. The SMILES string of the molecule is O=S(=O)(c1ccc(F)c(Cl)c1)N(Cc1ccccc1)Cc1ccccc1. The first-order valence-corrected chi connectivity index (χ1v) is 9.81. The minimum atomic E-state index is -3.85. The van der Waals surface area contributed by atoms with Crippen LogP contribution in [0.1, 0.15) is 11.1 Å². The third-order valence-electron chi connectivity index (χ3n) is 3.93. The van der Waals surface area contributed by atoms with Gasteiger partial charge in [-0.15, -0.1) is 0 Å². The molecule has 0 amide bonds. The van der Waals surface area contributed by atoms with E-state index in [1.54, 1.807) is 0 Å². The van der Waals surface area contributed by atoms with E-state index in [2.05, 4.69) is 0 Å². The molecule has 3 rings (SSSR count). The third kappa shape index (κ3) is 4.30. The third-order valence-corrected chi connectivity index (χ3v) is 6.01. The van der Waals surface area contributed by atoms with Gasteiger partial charge in [0.25, 0.3) is 0 Å². The molecule has 3 nitrogen and oxygen atoms in total. The second-order valence-electron chi connectivity index (χ2n) is 5.82. The summed E-state index contributed by atoms with van der Waals surface area (Å²) in [5.41, 5.74) is 1.72. The molecule has 0 fully saturated rings. The fourth-order valence-electron chi connectivity index (χ4n) is 2.59. The Bertz CT molecular complexity index is 938. The van der Waals surface area contributed by atoms with Gasteiger partial charge < -0.3 is 0 Å². The predicted octanol–water partition coefficient (Wildman–Crippen LogP) is 4.87. The van der Waals surface area contributed by atoms with E-state index < -0.39 is 15.8 Å². The van der Waals surface area contributed by atoms with Gasteiger partial charge in [-0.2, -0.15) is 4.31 Å². The number of sulfonamides is 1. The molecule has 6 heteroatoms. The summed E-state index contributed by atoms with van der Waals surface area (Å²) in [5.74, 6) is -0.650. The van der Waals surface area contributed by atoms with E-state index in [9.17, 15) is 12.8 Å². The van der Waals surface area contributed by atoms with E-state index >= 15 is 0 Å². The van der Waals surface area contributed by atoms with Crippen LogP contribution in [0.2, 0.25) is 5.02 Å². The van der Waals surface area contributed by atoms with Crippen LogP contribution < -0.4 is 0 Å². The lowest BCUT2D eigenvalue weighted by molar-refractivity contribution is 0.401. The standard InChI is InChI=1S/C20H17ClFNO2S/c21-19-13-18(11-12-20(19)22)26(24,25)23(14-16-7-3-1-4-8-16)15-17-9-5-2-6-10-17/h1-13H,14-15H2. The highest BCUT2D eigenvalue weighted by atomic mass is 35.5. The van der Waals surface area contributed by atoms with Gasteiger partial charge in [0, 0.05) is 13.1 Å². The molecule has 0 aliphatic heterocycles. The zero-order valence-electron chi connectivity index (χ0n) is 13.8. The molecule has 0 aliphatic carbocycles. The number of rotatable bonds is 6. The van der Waals surface area contributed by atoms with Gasteiger partial charge in [0.2, 0.25) is 10.0 Å². The molecule has 0 N–H and O–H groups in total. The Labute approximate surface area is 157 Å². The highest BCUT2D eigenvalue weighted by Gasteiger charge is 2.25. The largest absolute Gasteiger partial charge is 0.243 e. The van der Waals surface area contributed by atoms with Crippen molar-refractivity contribution in [3.63, 3.8) is 0 Å². The molecule has 0 radical (unpaired) electrons. The Balaban J connectivity index is 1.99. The van der Waals surface area contributed by atoms with Crippen molar-refractivity contribution >= 4 is 21.6 Å². The Morgan fingerprint density at radius 1 is 0.808 bits per heavy atom. The van der Waals surface area contributed by atoms with Crippen molar-refractivity contribution in [3.8, 4) is 0 Å². The average molecular weight is 390 g/mol. The second-order valence-corrected chi connectivity index (χ2v) is 8.17. The molecule has 0 bridgehead atoms. The van der Waals surface area contributed by atoms with Crippen LogP contribution in [0.5, 0.6) is 0 Å². The first-order valence-electron chi connectivity index (χ1n) is 8.00. The van der Waals surface area contributed by atoms with Gasteiger partial charge >= 0.3 is 0 Å². The lowest BCUT2D eigenvalue weighted by Crippen LogP contribution is -2.30. The van der Waals surface area contributed by atoms with E-state index in [0.29, 0.717) is 0 Å². The Morgan fingerprint density at radius 3 is 1.77 bits per heavy atom. The predicted molar refractivity (Wildman–Crippen MR) is 101 cm³/mol. The molecule has 0 unspecified atom stereocenters. The van der Waals surface area contributed by atoms with E-state index in [4.69, 9.17) is 11.6 Å². The highest BCUT2D eigenvalue weighted by Crippen LogP contribution is 2.25. The molecule has 0 aliphatic rings. The van der Waals surface area contributed by atoms with Crippen LogP contribution in [0, 0.1) is 5.82 Å². The number of nitrogens with zero attached hydrogens (tertiary/aromatic N) is 1. The van der Waals surface area contributed by atoms with Crippen molar-refractivity contribution in [1.29, 1.82) is 0 Å². The normalized spacial score (nSPS) is 11.7. The molecule has 0 heterocycles. The van der Waals surface area contributed by atoms with Gasteiger partial charge in [0.1, 0.15) is 5.82 Å². The maximum Gasteiger partial charge on any atom is 0.243 e. The van der Waals surface area contributed by atoms with Crippen molar-refractivity contribution in [1.82, 2.24) is 4.31 Å². The molecular formula is C20H17ClFNO2S. The maximum absolute atomic E-state index is 13.4. The summed E-state index contributed by atoms with van der Waals surface area (Å²) in [6, 6.07) is 22.1. The van der Waals surface area contributed by atoms with E-state index in [1.165, 1.54) is 10.4 Å². The summed E-state index contributed by atoms with van der Waals surface area (Å²) >= 11 is 5.79. The highest BCUT2D eigenvalue weighted by molar-refractivity contribution is 7.89. The molecule has 26 heavy (non-hydrogen) atoms. The fourth-order valence-corrected chi connectivity index (χ4v) is 4.27. The van der Waals surface area contributed by atoms with Gasteiger partial charge in [-0.1, -0.05) is 72.3 Å². The smallest absolute Gasteiger partial charge is 0.207 e. The van der Waals surface area contributed by atoms with E-state index in [-0.39, 0.29) is 23.0 Å². The lowest BCUT2D eigenvalue weighted by atomic mass is 10.2. The Kier molecular flexibility index (Phi) is 5.71. The molecular weight excluding hydrogens is 373 g/mol. The number of hydrogen-bond donors (Lipinski definition) is 0. The summed E-state index contributed by atoms with van der Waals surface area (Å²) in [6.45, 7) is 0.403. The zero-order valence-corrected chi connectivity index (χ0v) is 15.4. The minimum absolute atomic E-state index is 0.0317. The van der Waals surface area contributed by atoms with E-state index in [1.807, 2.05) is 60.7 Å². The van der Waals surface area contributed by atoms with Crippen molar-refractivity contribution in [2.45, 2.75) is 18.0 Å². The first kappa shape index (κ1) is 18.6. The Hall–Kier alpha value is -2.21. The minimum Gasteiger partial charge on any atom is -0.207 e. The summed E-state index contributed by atoms with van der Waals surface area (Å²) in [4.78, 5) is -0.0317. The van der Waals surface area contributed by atoms with Crippen LogP contribution in [0.4, 0.5) is 4.39 Å². The average Bonchev–Trinajstić information content (AvgIpc) is 2.65. The van der Waals surface area contributed by atoms with Crippen LogP contribution in [0.3, 0.4) is 0 Å². The zero-order chi connectivity index (χ0) is 18.6. The van der Waals surface area contributed by atoms with Crippen LogP contribution in [-0.2, 0) is 23.1 Å². The summed E-state index contributed by atoms with van der Waals surface area (Å²) in [7, 11) is -3.85. The van der Waals surface area contributed by atoms with Crippen molar-refractivity contribution < 1.29 is 12.8 Å². The summed E-state index contributed by atoms with van der Waals surface area (Å²) < 4.78 is 41.1. The maximum atomic E-state index is 13.4. The van der Waals surface area contributed by atoms with Crippen molar-refractivity contribution in [2.24, 2.45) is 0 Å². The molecule has 0 saturated heterocycles. The summed E-state index contributed by atoms with van der Waals surface area (Å²) in [5, 5.41) is -0.217.